The Labute approximate surface area is 174 Å². The Bertz CT molecular complexity index is 946. The second kappa shape index (κ2) is 10.7. The van der Waals surface area contributed by atoms with Gasteiger partial charge in [0.15, 0.2) is 18.1 Å². The van der Waals surface area contributed by atoms with Gasteiger partial charge in [0, 0.05) is 11.6 Å². The van der Waals surface area contributed by atoms with Gasteiger partial charge in [-0.25, -0.2) is 0 Å². The van der Waals surface area contributed by atoms with Crippen LogP contribution in [0.1, 0.15) is 0 Å². The minimum absolute atomic E-state index is 0.114. The zero-order chi connectivity index (χ0) is 21.2. The number of carbonyl (C=O) groups is 1. The Morgan fingerprint density at radius 2 is 1.63 bits per heavy atom. The average Bonchev–Trinajstić information content (AvgIpc) is 2.81. The number of carbonyl (C=O) groups excluding carboxylic acids is 1. The predicted octanol–water partition coefficient (Wildman–Crippen LogP) is 2.73. The van der Waals surface area contributed by atoms with Crippen molar-refractivity contribution in [3.63, 3.8) is 0 Å². The molecule has 0 saturated heterocycles. The molecule has 1 aromatic heterocycles. The summed E-state index contributed by atoms with van der Waals surface area (Å²) in [6, 6.07) is 18.2. The van der Waals surface area contributed by atoms with Crippen molar-refractivity contribution in [2.24, 2.45) is 0 Å². The van der Waals surface area contributed by atoms with E-state index in [1.807, 2.05) is 42.5 Å². The Morgan fingerprint density at radius 1 is 0.867 bits per heavy atom. The molecule has 0 saturated carbocycles. The van der Waals surface area contributed by atoms with Gasteiger partial charge in [0.2, 0.25) is 5.88 Å². The van der Waals surface area contributed by atoms with Crippen LogP contribution in [-0.2, 0) is 4.79 Å². The molecule has 8 heteroatoms. The molecule has 0 unspecified atom stereocenters. The van der Waals surface area contributed by atoms with Crippen molar-refractivity contribution in [3.05, 3.63) is 60.7 Å². The number of hydrogen-bond donors (Lipinski definition) is 1. The first-order valence-electron chi connectivity index (χ1n) is 9.33. The third-order valence-electron chi connectivity index (χ3n) is 4.13. The molecule has 0 fully saturated rings. The number of benzene rings is 2. The van der Waals surface area contributed by atoms with Crippen molar-refractivity contribution in [2.75, 3.05) is 34.0 Å². The molecule has 0 aliphatic heterocycles. The number of nitrogens with zero attached hydrogens (tertiary/aromatic N) is 2. The van der Waals surface area contributed by atoms with E-state index < -0.39 is 0 Å². The monoisotopic (exact) mass is 409 g/mol. The summed E-state index contributed by atoms with van der Waals surface area (Å²) in [6.07, 6.45) is 0. The number of nitrogens with one attached hydrogen (secondary N) is 1. The van der Waals surface area contributed by atoms with E-state index in [9.17, 15) is 4.79 Å². The minimum Gasteiger partial charge on any atom is -0.497 e. The minimum atomic E-state index is -0.259. The molecular formula is C22H23N3O5. The molecule has 1 amide bonds. The van der Waals surface area contributed by atoms with E-state index in [0.29, 0.717) is 23.9 Å². The van der Waals surface area contributed by atoms with Crippen LogP contribution in [0.2, 0.25) is 0 Å². The molecule has 30 heavy (non-hydrogen) atoms. The first-order valence-corrected chi connectivity index (χ1v) is 9.33. The topological polar surface area (TPSA) is 91.8 Å². The van der Waals surface area contributed by atoms with Crippen LogP contribution in [0.15, 0.2) is 60.7 Å². The highest BCUT2D eigenvalue weighted by Gasteiger charge is 2.07. The summed E-state index contributed by atoms with van der Waals surface area (Å²) in [6.45, 7) is 0.462. The standard InChI is InChI=1S/C22H23N3O5/c1-27-17-9-7-16(8-10-17)18-11-12-22(25-24-18)29-14-13-23-21(26)15-30-20-6-4-3-5-19(20)28-2/h3-12H,13-15H2,1-2H3,(H,23,26). The number of aromatic nitrogens is 2. The lowest BCUT2D eigenvalue weighted by Crippen LogP contribution is -2.32. The molecule has 0 spiro atoms. The zero-order valence-electron chi connectivity index (χ0n) is 16.8. The Balaban J connectivity index is 1.39. The van der Waals surface area contributed by atoms with Crippen molar-refractivity contribution in [3.8, 4) is 34.4 Å². The quantitative estimate of drug-likeness (QED) is 0.515. The van der Waals surface area contributed by atoms with E-state index >= 15 is 0 Å². The van der Waals surface area contributed by atoms with Crippen molar-refractivity contribution >= 4 is 5.91 Å². The lowest BCUT2D eigenvalue weighted by Gasteiger charge is -2.10. The molecule has 3 aromatic rings. The molecule has 8 nitrogen and oxygen atoms in total. The average molecular weight is 409 g/mol. The van der Waals surface area contributed by atoms with Crippen LogP contribution in [0, 0.1) is 0 Å². The molecule has 156 valence electrons. The van der Waals surface area contributed by atoms with Gasteiger partial charge in [-0.15, -0.1) is 10.2 Å². The molecule has 1 N–H and O–H groups in total. The van der Waals surface area contributed by atoms with Crippen LogP contribution in [0.4, 0.5) is 0 Å². The van der Waals surface area contributed by atoms with Gasteiger partial charge in [0.05, 0.1) is 26.5 Å². The summed E-state index contributed by atoms with van der Waals surface area (Å²) in [5, 5.41) is 10.9. The Morgan fingerprint density at radius 3 is 2.30 bits per heavy atom. The first kappa shape index (κ1) is 20.9. The van der Waals surface area contributed by atoms with Crippen LogP contribution >= 0.6 is 0 Å². The van der Waals surface area contributed by atoms with E-state index in [1.165, 1.54) is 0 Å². The number of amides is 1. The summed E-state index contributed by atoms with van der Waals surface area (Å²) in [5.74, 6) is 1.99. The molecule has 0 bridgehead atoms. The van der Waals surface area contributed by atoms with Crippen LogP contribution in [0.3, 0.4) is 0 Å². The van der Waals surface area contributed by atoms with Gasteiger partial charge in [0.25, 0.3) is 5.91 Å². The number of rotatable bonds is 10. The highest BCUT2D eigenvalue weighted by atomic mass is 16.5. The third kappa shape index (κ3) is 5.84. The molecule has 1 heterocycles. The van der Waals surface area contributed by atoms with Gasteiger partial charge in [-0.2, -0.15) is 0 Å². The molecular weight excluding hydrogens is 386 g/mol. The number of ether oxygens (including phenoxy) is 4. The van der Waals surface area contributed by atoms with Crippen molar-refractivity contribution < 1.29 is 23.7 Å². The van der Waals surface area contributed by atoms with Gasteiger partial charge in [0.1, 0.15) is 12.4 Å². The summed E-state index contributed by atoms with van der Waals surface area (Å²) in [4.78, 5) is 11.9. The third-order valence-corrected chi connectivity index (χ3v) is 4.13. The van der Waals surface area contributed by atoms with Gasteiger partial charge < -0.3 is 24.3 Å². The molecule has 0 atom stereocenters. The van der Waals surface area contributed by atoms with E-state index in [2.05, 4.69) is 15.5 Å². The van der Waals surface area contributed by atoms with Crippen LogP contribution < -0.4 is 24.3 Å². The second-order valence-electron chi connectivity index (χ2n) is 6.12. The first-order chi connectivity index (χ1) is 14.7. The Hall–Kier alpha value is -3.81. The van der Waals surface area contributed by atoms with Crippen molar-refractivity contribution in [1.29, 1.82) is 0 Å². The molecule has 0 radical (unpaired) electrons. The van der Waals surface area contributed by atoms with E-state index in [0.717, 1.165) is 17.0 Å². The fraction of sp³-hybridized carbons (Fsp3) is 0.227. The summed E-state index contributed by atoms with van der Waals surface area (Å²) in [7, 11) is 3.17. The van der Waals surface area contributed by atoms with Gasteiger partial charge >= 0.3 is 0 Å². The smallest absolute Gasteiger partial charge is 0.258 e. The van der Waals surface area contributed by atoms with Gasteiger partial charge in [-0.1, -0.05) is 12.1 Å². The summed E-state index contributed by atoms with van der Waals surface area (Å²) < 4.78 is 21.3. The lowest BCUT2D eigenvalue weighted by molar-refractivity contribution is -0.123. The van der Waals surface area contributed by atoms with E-state index in [1.54, 1.807) is 32.4 Å². The predicted molar refractivity (Wildman–Crippen MR) is 111 cm³/mol. The normalized spacial score (nSPS) is 10.2. The van der Waals surface area contributed by atoms with Crippen molar-refractivity contribution in [1.82, 2.24) is 15.5 Å². The number of para-hydroxylation sites is 2. The summed E-state index contributed by atoms with van der Waals surface area (Å²) >= 11 is 0. The maximum Gasteiger partial charge on any atom is 0.258 e. The fourth-order valence-electron chi connectivity index (χ4n) is 2.59. The second-order valence-corrected chi connectivity index (χ2v) is 6.12. The van der Waals surface area contributed by atoms with Crippen LogP contribution in [0.25, 0.3) is 11.3 Å². The SMILES string of the molecule is COc1ccc(-c2ccc(OCCNC(=O)COc3ccccc3OC)nn2)cc1. The molecule has 0 aliphatic carbocycles. The molecule has 2 aromatic carbocycles. The maximum absolute atomic E-state index is 11.9. The Kier molecular flexibility index (Phi) is 7.43. The van der Waals surface area contributed by atoms with Crippen LogP contribution in [0.5, 0.6) is 23.1 Å². The number of hydrogen-bond acceptors (Lipinski definition) is 7. The molecule has 0 aliphatic rings. The highest BCUT2D eigenvalue weighted by molar-refractivity contribution is 5.77. The fourth-order valence-corrected chi connectivity index (χ4v) is 2.59. The summed E-state index contributed by atoms with van der Waals surface area (Å²) in [5.41, 5.74) is 1.66. The van der Waals surface area contributed by atoms with Crippen LogP contribution in [-0.4, -0.2) is 50.1 Å². The highest BCUT2D eigenvalue weighted by Crippen LogP contribution is 2.25. The molecule has 3 rings (SSSR count). The van der Waals surface area contributed by atoms with Gasteiger partial charge in [-0.3, -0.25) is 4.79 Å². The number of methoxy groups -OCH3 is 2. The van der Waals surface area contributed by atoms with Gasteiger partial charge in [-0.05, 0) is 42.5 Å². The maximum atomic E-state index is 11.9. The van der Waals surface area contributed by atoms with Crippen molar-refractivity contribution in [2.45, 2.75) is 0 Å². The van der Waals surface area contributed by atoms with E-state index in [-0.39, 0.29) is 19.1 Å². The van der Waals surface area contributed by atoms with E-state index in [4.69, 9.17) is 18.9 Å². The zero-order valence-corrected chi connectivity index (χ0v) is 16.8. The largest absolute Gasteiger partial charge is 0.497 e. The lowest BCUT2D eigenvalue weighted by atomic mass is 10.1.